The molecule has 18 nitrogen and oxygen atoms in total. The number of phosphoric ester groups is 1. The first-order valence-electron chi connectivity index (χ1n) is 8.60. The summed E-state index contributed by atoms with van der Waals surface area (Å²) in [6, 6.07) is 0. The van der Waals surface area contributed by atoms with Gasteiger partial charge in [-0.05, 0) is 0 Å². The molecule has 0 saturated carbocycles. The lowest BCUT2D eigenvalue weighted by Crippen LogP contribution is -2.33. The third kappa shape index (κ3) is 4.78. The van der Waals surface area contributed by atoms with Gasteiger partial charge in [0.2, 0.25) is 5.65 Å². The van der Waals surface area contributed by atoms with Gasteiger partial charge in [0.1, 0.15) is 24.6 Å². The Morgan fingerprint density at radius 2 is 1.94 bits per heavy atom. The van der Waals surface area contributed by atoms with Gasteiger partial charge in [0.05, 0.1) is 6.61 Å². The van der Waals surface area contributed by atoms with E-state index < -0.39 is 54.5 Å². The zero-order valence-corrected chi connectivity index (χ0v) is 18.3. The quantitative estimate of drug-likeness (QED) is 0.110. The molecule has 0 spiro atoms. The molecule has 4 rings (SSSR count). The second kappa shape index (κ2) is 7.85. The molecule has 0 aliphatic carbocycles. The van der Waals surface area contributed by atoms with Crippen LogP contribution in [-0.4, -0.2) is 69.2 Å². The van der Waals surface area contributed by atoms with Gasteiger partial charge < -0.3 is 40.3 Å². The molecule has 9 N–H and O–H groups in total. The van der Waals surface area contributed by atoms with Gasteiger partial charge in [0, 0.05) is 0 Å². The maximum Gasteiger partial charge on any atom is 0.480 e. The summed E-state index contributed by atoms with van der Waals surface area (Å²) < 4.78 is 51.0. The molecule has 0 bridgehead atoms. The van der Waals surface area contributed by atoms with E-state index in [-0.39, 0.29) is 5.65 Å². The van der Waals surface area contributed by atoms with Crippen molar-refractivity contribution in [1.82, 2.24) is 19.4 Å². The van der Waals surface area contributed by atoms with Crippen molar-refractivity contribution in [2.45, 2.75) is 31.1 Å². The predicted octanol–water partition coefficient (Wildman–Crippen LogP) is -2.80. The van der Waals surface area contributed by atoms with Gasteiger partial charge in [-0.2, -0.15) is 4.31 Å². The van der Waals surface area contributed by atoms with Gasteiger partial charge in [-0.25, -0.2) is 23.2 Å². The number of hydrogen-bond donors (Lipinski definition) is 8. The molecule has 6 atom stereocenters. The minimum absolute atomic E-state index is 0.268. The molecule has 2 aromatic heterocycles. The number of aliphatic hydroxyl groups excluding tert-OH is 2. The number of aliphatic hydroxyl groups is 2. The van der Waals surface area contributed by atoms with Gasteiger partial charge in [-0.1, -0.05) is 4.98 Å². The highest BCUT2D eigenvalue weighted by Gasteiger charge is 2.47. The lowest BCUT2D eigenvalue weighted by Gasteiger charge is -2.19. The molecule has 2 unspecified atom stereocenters. The van der Waals surface area contributed by atoms with Crippen LogP contribution in [0.4, 0.5) is 5.82 Å². The number of rotatable bonds is 8. The maximum atomic E-state index is 11.9. The number of imidazole rings is 1. The van der Waals surface area contributed by atoms with Crippen LogP contribution in [0.1, 0.15) is 12.1 Å². The van der Waals surface area contributed by atoms with Crippen LogP contribution < -0.4 is 15.2 Å². The minimum atomic E-state index is -5.45. The molecule has 0 aromatic carbocycles. The molecule has 4 heterocycles. The first-order chi connectivity index (χ1) is 14.7. The Morgan fingerprint density at radius 3 is 2.59 bits per heavy atom. The zero-order valence-electron chi connectivity index (χ0n) is 15.6. The Bertz CT molecular complexity index is 1220. The van der Waals surface area contributed by atoms with Crippen LogP contribution in [0.5, 0.6) is 0 Å². The summed E-state index contributed by atoms with van der Waals surface area (Å²) >= 11 is 0. The number of nitrogens with two attached hydrogens (primary N) is 1. The van der Waals surface area contributed by atoms with Crippen molar-refractivity contribution in [2.24, 2.45) is 0 Å². The van der Waals surface area contributed by atoms with E-state index in [1.54, 1.807) is 4.57 Å². The first-order valence-corrected chi connectivity index (χ1v) is 13.3. The number of ether oxygens (including phenoxy) is 1. The summed E-state index contributed by atoms with van der Waals surface area (Å²) in [5, 5.41) is 20.6. The summed E-state index contributed by atoms with van der Waals surface area (Å²) in [7, 11) is -16.1. The number of anilines is 1. The number of phosphoric acid groups is 1. The summed E-state index contributed by atoms with van der Waals surface area (Å²) in [4.78, 5) is 45.3. The van der Waals surface area contributed by atoms with Crippen LogP contribution in [0.25, 0.3) is 11.2 Å². The Morgan fingerprint density at radius 1 is 1.25 bits per heavy atom. The largest absolute Gasteiger partial charge is 0.480 e. The molecule has 1 saturated heterocycles. The van der Waals surface area contributed by atoms with Gasteiger partial charge in [-0.3, -0.25) is 9.09 Å². The van der Waals surface area contributed by atoms with E-state index in [2.05, 4.69) is 18.8 Å². The van der Waals surface area contributed by atoms with Crippen molar-refractivity contribution >= 4 is 40.3 Å². The Kier molecular flexibility index (Phi) is 5.84. The van der Waals surface area contributed by atoms with Gasteiger partial charge in [-0.15, -0.1) is 4.86 Å². The maximum absolute atomic E-state index is 11.9. The molecular weight excluding hydrogens is 501 g/mol. The van der Waals surface area contributed by atoms with Crippen molar-refractivity contribution in [3.63, 3.8) is 0 Å². The van der Waals surface area contributed by atoms with Crippen LogP contribution in [0.2, 0.25) is 0 Å². The predicted molar refractivity (Wildman–Crippen MR) is 99.0 cm³/mol. The number of fused-ring (bicyclic) bond motifs is 2. The summed E-state index contributed by atoms with van der Waals surface area (Å²) in [5.41, 5.74) is 6.56. The lowest BCUT2D eigenvalue weighted by molar-refractivity contribution is -0.557. The van der Waals surface area contributed by atoms with E-state index in [0.717, 1.165) is 4.86 Å². The number of aromatic nitrogens is 4. The van der Waals surface area contributed by atoms with Crippen LogP contribution in [0, 0.1) is 0 Å². The second-order valence-electron chi connectivity index (χ2n) is 6.88. The molecule has 178 valence electrons. The smallest absolute Gasteiger partial charge is 0.387 e. The van der Waals surface area contributed by atoms with E-state index >= 15 is 0 Å². The van der Waals surface area contributed by atoms with Crippen molar-refractivity contribution < 1.29 is 61.6 Å². The highest BCUT2D eigenvalue weighted by atomic mass is 31.3. The van der Waals surface area contributed by atoms with Crippen LogP contribution >= 0.6 is 23.3 Å². The van der Waals surface area contributed by atoms with E-state index in [4.69, 9.17) is 20.3 Å². The summed E-state index contributed by atoms with van der Waals surface area (Å²) in [6.07, 6.45) is -4.58. The molecular formula is C11H18N6O12P3+. The van der Waals surface area contributed by atoms with Gasteiger partial charge >= 0.3 is 23.3 Å². The molecule has 0 radical (unpaired) electrons. The van der Waals surface area contributed by atoms with E-state index in [0.29, 0.717) is 23.7 Å². The SMILES string of the molecule is Nc1c2ncn([C@@H]3O[C@H](COP(=O)(O)OP(=O)(O)NP(=O)(O)O)[C@@H](O)[C@H]3O)c2nc2[n+]1C2. The minimum Gasteiger partial charge on any atom is -0.387 e. The second-order valence-corrected chi connectivity index (χ2v) is 11.7. The van der Waals surface area contributed by atoms with E-state index in [1.165, 1.54) is 10.9 Å². The van der Waals surface area contributed by atoms with Crippen molar-refractivity contribution in [2.75, 3.05) is 12.3 Å². The topological polar surface area (TPSA) is 273 Å². The summed E-state index contributed by atoms with van der Waals surface area (Å²) in [6.45, 7) is -0.390. The average molecular weight is 519 g/mol. The number of nitrogens with zero attached hydrogens (tertiary/aromatic N) is 4. The molecule has 21 heteroatoms. The van der Waals surface area contributed by atoms with E-state index in [9.17, 15) is 33.7 Å². The third-order valence-corrected chi connectivity index (χ3v) is 8.77. The number of nitrogens with one attached hydrogen (secondary N) is 1. The molecule has 2 aliphatic heterocycles. The van der Waals surface area contributed by atoms with E-state index in [1.807, 2.05) is 0 Å². The number of nitrogen functional groups attached to an aromatic ring is 1. The molecule has 1 fully saturated rings. The first kappa shape index (κ1) is 23.8. The lowest BCUT2D eigenvalue weighted by atomic mass is 10.1. The van der Waals surface area contributed by atoms with Crippen LogP contribution in [0.3, 0.4) is 0 Å². The fourth-order valence-electron chi connectivity index (χ4n) is 3.12. The fraction of sp³-hybridized carbons (Fsp3) is 0.545. The highest BCUT2D eigenvalue weighted by Crippen LogP contribution is 2.61. The van der Waals surface area contributed by atoms with Crippen molar-refractivity contribution in [1.29, 1.82) is 0 Å². The Labute approximate surface area is 177 Å². The van der Waals surface area contributed by atoms with Crippen molar-refractivity contribution in [3.8, 4) is 0 Å². The fourth-order valence-corrected chi connectivity index (χ4v) is 6.55. The van der Waals surface area contributed by atoms with Crippen molar-refractivity contribution in [3.05, 3.63) is 12.2 Å². The van der Waals surface area contributed by atoms with Gasteiger partial charge in [0.15, 0.2) is 18.3 Å². The van der Waals surface area contributed by atoms with Gasteiger partial charge in [0.25, 0.3) is 11.6 Å². The highest BCUT2D eigenvalue weighted by molar-refractivity contribution is 7.70. The third-order valence-electron chi connectivity index (χ3n) is 4.53. The molecule has 32 heavy (non-hydrogen) atoms. The molecule has 2 aromatic rings. The number of hydrogen-bond acceptors (Lipinski definition) is 11. The Hall–Kier alpha value is -1.36. The van der Waals surface area contributed by atoms with Crippen LogP contribution in [0.15, 0.2) is 6.33 Å². The monoisotopic (exact) mass is 519 g/mol. The summed E-state index contributed by atoms with van der Waals surface area (Å²) in [5.74, 6) is 1.02. The standard InChI is InChI=1S/C11H17N6O12P3/c12-9-6-10(14-5-1-16(5)9)17(3-13-6)11-8(19)7(18)4(28-11)2-27-32(25,26)29-31(23,24)15-30(20,21)22/h3-4,7-8,11-12,18-19H,1-2H2,(H5,15,20,21,22,23,24,25,26)/p+1/t4-,7-,8-,11-,16?/m1/s1. The average Bonchev–Trinajstić information content (AvgIpc) is 3.20. The Balaban J connectivity index is 1.45. The van der Waals surface area contributed by atoms with Crippen LogP contribution in [-0.2, 0) is 33.8 Å². The molecule has 2 aliphatic rings. The molecule has 0 amide bonds. The zero-order chi connectivity index (χ0) is 23.6. The normalized spacial score (nSPS) is 28.9.